The summed E-state index contributed by atoms with van der Waals surface area (Å²) in [5.41, 5.74) is 10.2. The largest absolute Gasteiger partial charge is 0.379 e. The number of ether oxygens (including phenoxy) is 12. The highest BCUT2D eigenvalue weighted by atomic mass is 16.6. The summed E-state index contributed by atoms with van der Waals surface area (Å²) < 4.78 is 64.7. The summed E-state index contributed by atoms with van der Waals surface area (Å²) in [5, 5.41) is 3.37. The van der Waals surface area contributed by atoms with Crippen LogP contribution in [0.25, 0.3) is 10.4 Å². The standard InChI is InChI=1S/C27H55N5O13/c28-31-27(33)1-3-34-5-7-36-9-11-38-13-15-40-17-19-42-21-23-44-25-26-45-24-22-43-20-18-41-16-14-39-12-10-37-8-6-35-4-2-30-32-29/h1-26,28H2,(H,31,33). The molecule has 0 saturated heterocycles. The van der Waals surface area contributed by atoms with Gasteiger partial charge in [-0.05, 0) is 5.53 Å². The van der Waals surface area contributed by atoms with E-state index in [1.807, 2.05) is 5.43 Å². The van der Waals surface area contributed by atoms with Crippen molar-refractivity contribution in [3.8, 4) is 0 Å². The maximum absolute atomic E-state index is 10.9. The van der Waals surface area contributed by atoms with Gasteiger partial charge in [0.2, 0.25) is 5.91 Å². The summed E-state index contributed by atoms with van der Waals surface area (Å²) >= 11 is 0. The minimum absolute atomic E-state index is 0.227. The molecule has 266 valence electrons. The Kier molecular flexibility index (Phi) is 38.7. The molecule has 0 aromatic rings. The molecule has 0 rings (SSSR count). The van der Waals surface area contributed by atoms with Gasteiger partial charge in [-0.25, -0.2) is 5.84 Å². The molecular formula is C27H55N5O13. The average Bonchev–Trinajstić information content (AvgIpc) is 3.05. The van der Waals surface area contributed by atoms with Crippen LogP contribution in [0.3, 0.4) is 0 Å². The zero-order valence-electron chi connectivity index (χ0n) is 26.6. The molecule has 0 heterocycles. The van der Waals surface area contributed by atoms with Crippen molar-refractivity contribution in [3.05, 3.63) is 10.4 Å². The minimum Gasteiger partial charge on any atom is -0.379 e. The first-order valence-electron chi connectivity index (χ1n) is 15.2. The van der Waals surface area contributed by atoms with Crippen molar-refractivity contribution in [2.75, 3.05) is 165 Å². The first-order valence-corrected chi connectivity index (χ1v) is 15.2. The Morgan fingerprint density at radius 2 is 0.667 bits per heavy atom. The van der Waals surface area contributed by atoms with Gasteiger partial charge in [-0.3, -0.25) is 10.2 Å². The average molecular weight is 658 g/mol. The molecule has 0 fully saturated rings. The maximum Gasteiger partial charge on any atom is 0.236 e. The van der Waals surface area contributed by atoms with E-state index in [0.29, 0.717) is 165 Å². The topological polar surface area (TPSA) is 215 Å². The fourth-order valence-corrected chi connectivity index (χ4v) is 2.91. The van der Waals surface area contributed by atoms with E-state index >= 15 is 0 Å². The fourth-order valence-electron chi connectivity index (χ4n) is 2.91. The van der Waals surface area contributed by atoms with Crippen LogP contribution >= 0.6 is 0 Å². The van der Waals surface area contributed by atoms with Crippen LogP contribution in [0, 0.1) is 0 Å². The zero-order chi connectivity index (χ0) is 32.6. The SMILES string of the molecule is [N-]=[N+]=NCCOCCOCCOCCOCCOCCOCCOCCOCCOCCOCCOCCOCCC(=O)NN. The van der Waals surface area contributed by atoms with Gasteiger partial charge >= 0.3 is 0 Å². The summed E-state index contributed by atoms with van der Waals surface area (Å²) in [4.78, 5) is 13.5. The predicted octanol–water partition coefficient (Wildman–Crippen LogP) is -0.124. The number of rotatable bonds is 39. The van der Waals surface area contributed by atoms with E-state index in [1.165, 1.54) is 0 Å². The van der Waals surface area contributed by atoms with Crippen molar-refractivity contribution in [2.45, 2.75) is 6.42 Å². The molecule has 0 unspecified atom stereocenters. The number of nitrogens with one attached hydrogen (secondary N) is 1. The predicted molar refractivity (Wildman–Crippen MR) is 161 cm³/mol. The van der Waals surface area contributed by atoms with Crippen LogP contribution in [-0.4, -0.2) is 171 Å². The van der Waals surface area contributed by atoms with Crippen molar-refractivity contribution < 1.29 is 61.6 Å². The number of hydrogen-bond acceptors (Lipinski definition) is 15. The molecule has 18 nitrogen and oxygen atoms in total. The van der Waals surface area contributed by atoms with Gasteiger partial charge < -0.3 is 56.8 Å². The quantitative estimate of drug-likeness (QED) is 0.0168. The van der Waals surface area contributed by atoms with Gasteiger partial charge in [0.25, 0.3) is 0 Å². The van der Waals surface area contributed by atoms with Crippen LogP contribution in [0.1, 0.15) is 6.42 Å². The first-order chi connectivity index (χ1) is 22.3. The van der Waals surface area contributed by atoms with Crippen molar-refractivity contribution in [2.24, 2.45) is 11.0 Å². The molecule has 0 atom stereocenters. The Balaban J connectivity index is 3.05. The lowest BCUT2D eigenvalue weighted by Gasteiger charge is -2.09. The molecule has 0 saturated carbocycles. The monoisotopic (exact) mass is 657 g/mol. The van der Waals surface area contributed by atoms with E-state index in [-0.39, 0.29) is 12.3 Å². The molecule has 0 aromatic heterocycles. The van der Waals surface area contributed by atoms with Crippen LogP contribution in [-0.2, 0) is 61.6 Å². The second kappa shape index (κ2) is 40.3. The summed E-state index contributed by atoms with van der Waals surface area (Å²) in [7, 11) is 0. The van der Waals surface area contributed by atoms with Crippen LogP contribution in [0.4, 0.5) is 0 Å². The molecule has 1 amide bonds. The van der Waals surface area contributed by atoms with Crippen LogP contribution < -0.4 is 11.3 Å². The number of amides is 1. The number of hydrazine groups is 1. The van der Waals surface area contributed by atoms with Crippen molar-refractivity contribution >= 4 is 5.91 Å². The minimum atomic E-state index is -0.261. The molecule has 0 aliphatic carbocycles. The smallest absolute Gasteiger partial charge is 0.236 e. The van der Waals surface area contributed by atoms with E-state index in [2.05, 4.69) is 10.0 Å². The van der Waals surface area contributed by atoms with Crippen molar-refractivity contribution in [1.29, 1.82) is 0 Å². The molecule has 0 aliphatic rings. The third-order valence-electron chi connectivity index (χ3n) is 5.13. The summed E-state index contributed by atoms with van der Waals surface area (Å²) in [6.45, 7) is 11.5. The van der Waals surface area contributed by atoms with Crippen molar-refractivity contribution in [3.63, 3.8) is 0 Å². The number of azide groups is 1. The molecule has 3 N–H and O–H groups in total. The Bertz CT molecular complexity index is 652. The molecule has 0 aliphatic heterocycles. The summed E-state index contributed by atoms with van der Waals surface area (Å²) in [6, 6.07) is 0. The van der Waals surface area contributed by atoms with Crippen LogP contribution in [0.2, 0.25) is 0 Å². The molecule has 18 heteroatoms. The number of carbonyl (C=O) groups is 1. The maximum atomic E-state index is 10.9. The number of hydrogen-bond donors (Lipinski definition) is 2. The number of nitrogens with two attached hydrogens (primary N) is 1. The second-order valence-corrected chi connectivity index (χ2v) is 8.62. The zero-order valence-corrected chi connectivity index (χ0v) is 26.6. The Hall–Kier alpha value is -1.74. The highest BCUT2D eigenvalue weighted by molar-refractivity contribution is 5.75. The molecule has 0 radical (unpaired) electrons. The lowest BCUT2D eigenvalue weighted by molar-refractivity contribution is -0.122. The fraction of sp³-hybridized carbons (Fsp3) is 0.963. The highest BCUT2D eigenvalue weighted by Gasteiger charge is 1.98. The molecule has 0 bridgehead atoms. The van der Waals surface area contributed by atoms with E-state index in [9.17, 15) is 4.79 Å². The van der Waals surface area contributed by atoms with E-state index in [1.54, 1.807) is 0 Å². The third kappa shape index (κ3) is 40.2. The van der Waals surface area contributed by atoms with Crippen molar-refractivity contribution in [1.82, 2.24) is 5.43 Å². The second-order valence-electron chi connectivity index (χ2n) is 8.62. The third-order valence-corrected chi connectivity index (χ3v) is 5.13. The van der Waals surface area contributed by atoms with Crippen LogP contribution in [0.15, 0.2) is 5.11 Å². The molecule has 0 spiro atoms. The highest BCUT2D eigenvalue weighted by Crippen LogP contribution is 1.88. The van der Waals surface area contributed by atoms with E-state index in [0.717, 1.165) is 0 Å². The lowest BCUT2D eigenvalue weighted by atomic mass is 10.4. The molecule has 45 heavy (non-hydrogen) atoms. The van der Waals surface area contributed by atoms with E-state index < -0.39 is 0 Å². The van der Waals surface area contributed by atoms with Gasteiger partial charge in [0, 0.05) is 11.5 Å². The lowest BCUT2D eigenvalue weighted by Crippen LogP contribution is -2.30. The van der Waals surface area contributed by atoms with Gasteiger partial charge in [-0.1, -0.05) is 5.11 Å². The van der Waals surface area contributed by atoms with E-state index in [4.69, 9.17) is 68.2 Å². The Morgan fingerprint density at radius 3 is 0.889 bits per heavy atom. The Labute approximate surface area is 266 Å². The van der Waals surface area contributed by atoms with Gasteiger partial charge in [0.15, 0.2) is 0 Å². The number of nitrogens with zero attached hydrogens (tertiary/aromatic N) is 3. The molecular weight excluding hydrogens is 602 g/mol. The number of carbonyl (C=O) groups excluding carboxylic acids is 1. The van der Waals surface area contributed by atoms with Gasteiger partial charge in [-0.2, -0.15) is 0 Å². The Morgan fingerprint density at radius 1 is 0.444 bits per heavy atom. The van der Waals surface area contributed by atoms with Gasteiger partial charge in [0.05, 0.1) is 165 Å². The summed E-state index contributed by atoms with van der Waals surface area (Å²) in [6.07, 6.45) is 0.227. The molecule has 0 aromatic carbocycles. The van der Waals surface area contributed by atoms with Gasteiger partial charge in [-0.15, -0.1) is 0 Å². The summed E-state index contributed by atoms with van der Waals surface area (Å²) in [5.74, 6) is 4.71. The van der Waals surface area contributed by atoms with Gasteiger partial charge in [0.1, 0.15) is 0 Å². The van der Waals surface area contributed by atoms with Crippen LogP contribution in [0.5, 0.6) is 0 Å². The first kappa shape index (κ1) is 43.3. The normalized spacial score (nSPS) is 11.1.